The van der Waals surface area contributed by atoms with Crippen LogP contribution in [-0.4, -0.2) is 47.5 Å². The Kier molecular flexibility index (Phi) is 7.37. The monoisotopic (exact) mass is 432 g/mol. The number of rotatable bonds is 6. The second-order valence-electron chi connectivity index (χ2n) is 8.16. The van der Waals surface area contributed by atoms with E-state index in [4.69, 9.17) is 16.3 Å². The highest BCUT2D eigenvalue weighted by molar-refractivity contribution is 6.32. The standard InChI is InChI=1S/C24H30ClFN2O2/c1-5-20-11-22(10-16(2)24(20)25)30-15-23(29)28-13-17(3)27(12-18(28)4)14-19-6-8-21(26)9-7-19/h6-11,17-18H,5,12-15H2,1-4H3/t17-,18+/m0/s1. The summed E-state index contributed by atoms with van der Waals surface area (Å²) in [6, 6.07) is 10.7. The molecule has 1 saturated heterocycles. The Balaban J connectivity index is 1.58. The van der Waals surface area contributed by atoms with Gasteiger partial charge in [0.25, 0.3) is 5.91 Å². The second kappa shape index (κ2) is 9.80. The zero-order valence-electron chi connectivity index (χ0n) is 18.1. The molecular formula is C24H30ClFN2O2. The molecule has 2 aromatic carbocycles. The van der Waals surface area contributed by atoms with Gasteiger partial charge < -0.3 is 9.64 Å². The Morgan fingerprint density at radius 3 is 2.53 bits per heavy atom. The van der Waals surface area contributed by atoms with Gasteiger partial charge in [-0.2, -0.15) is 0 Å². The third-order valence-electron chi connectivity index (χ3n) is 5.78. The van der Waals surface area contributed by atoms with Crippen LogP contribution in [0, 0.1) is 12.7 Å². The molecule has 0 aromatic heterocycles. The predicted octanol–water partition coefficient (Wildman–Crippen LogP) is 4.85. The summed E-state index contributed by atoms with van der Waals surface area (Å²) in [6.07, 6.45) is 0.815. The van der Waals surface area contributed by atoms with Crippen molar-refractivity contribution in [1.82, 2.24) is 9.80 Å². The van der Waals surface area contributed by atoms with Crippen LogP contribution in [0.15, 0.2) is 36.4 Å². The number of ether oxygens (including phenoxy) is 1. The van der Waals surface area contributed by atoms with Crippen molar-refractivity contribution < 1.29 is 13.9 Å². The van der Waals surface area contributed by atoms with Crippen molar-refractivity contribution in [3.63, 3.8) is 0 Å². The Hall–Kier alpha value is -2.11. The molecular weight excluding hydrogens is 403 g/mol. The number of nitrogens with zero attached hydrogens (tertiary/aromatic N) is 2. The summed E-state index contributed by atoms with van der Waals surface area (Å²) in [6.45, 7) is 10.3. The number of carbonyl (C=O) groups excluding carboxylic acids is 1. The number of piperazine rings is 1. The number of benzene rings is 2. The van der Waals surface area contributed by atoms with E-state index in [-0.39, 0.29) is 30.4 Å². The third kappa shape index (κ3) is 5.32. The summed E-state index contributed by atoms with van der Waals surface area (Å²) in [4.78, 5) is 17.1. The molecule has 3 rings (SSSR count). The molecule has 0 saturated carbocycles. The maximum absolute atomic E-state index is 13.1. The van der Waals surface area contributed by atoms with Crippen LogP contribution in [0.3, 0.4) is 0 Å². The van der Waals surface area contributed by atoms with Crippen LogP contribution in [0.4, 0.5) is 4.39 Å². The third-order valence-corrected chi connectivity index (χ3v) is 6.32. The summed E-state index contributed by atoms with van der Waals surface area (Å²) in [5.41, 5.74) is 3.05. The van der Waals surface area contributed by atoms with Crippen LogP contribution in [-0.2, 0) is 17.8 Å². The van der Waals surface area contributed by atoms with Gasteiger partial charge in [-0.1, -0.05) is 30.7 Å². The van der Waals surface area contributed by atoms with Crippen molar-refractivity contribution in [2.24, 2.45) is 0 Å². The molecule has 1 heterocycles. The van der Waals surface area contributed by atoms with Crippen molar-refractivity contribution >= 4 is 17.5 Å². The maximum Gasteiger partial charge on any atom is 0.260 e. The number of hydrogen-bond acceptors (Lipinski definition) is 3. The molecule has 1 amide bonds. The van der Waals surface area contributed by atoms with Crippen LogP contribution in [0.25, 0.3) is 0 Å². The molecule has 4 nitrogen and oxygen atoms in total. The molecule has 0 unspecified atom stereocenters. The van der Waals surface area contributed by atoms with Crippen LogP contribution in [0.5, 0.6) is 5.75 Å². The molecule has 0 N–H and O–H groups in total. The average molecular weight is 433 g/mol. The molecule has 6 heteroatoms. The summed E-state index contributed by atoms with van der Waals surface area (Å²) < 4.78 is 19.0. The minimum absolute atomic E-state index is 0.0126. The van der Waals surface area contributed by atoms with Crippen molar-refractivity contribution in [2.75, 3.05) is 19.7 Å². The van der Waals surface area contributed by atoms with E-state index in [0.29, 0.717) is 12.3 Å². The quantitative estimate of drug-likeness (QED) is 0.654. The predicted molar refractivity (Wildman–Crippen MR) is 119 cm³/mol. The van der Waals surface area contributed by atoms with Gasteiger partial charge in [0.05, 0.1) is 0 Å². The highest BCUT2D eigenvalue weighted by Crippen LogP contribution is 2.27. The molecule has 0 spiro atoms. The topological polar surface area (TPSA) is 32.8 Å². The van der Waals surface area contributed by atoms with Gasteiger partial charge in [0.1, 0.15) is 11.6 Å². The van der Waals surface area contributed by atoms with Gasteiger partial charge in [-0.3, -0.25) is 9.69 Å². The maximum atomic E-state index is 13.1. The van der Waals surface area contributed by atoms with Crippen molar-refractivity contribution in [1.29, 1.82) is 0 Å². The van der Waals surface area contributed by atoms with Gasteiger partial charge in [0.15, 0.2) is 6.61 Å². The Morgan fingerprint density at radius 2 is 1.87 bits per heavy atom. The van der Waals surface area contributed by atoms with E-state index >= 15 is 0 Å². The van der Waals surface area contributed by atoms with Gasteiger partial charge in [0.2, 0.25) is 0 Å². The van der Waals surface area contributed by atoms with Gasteiger partial charge in [-0.05, 0) is 68.1 Å². The Bertz CT molecular complexity index is 888. The van der Waals surface area contributed by atoms with Crippen molar-refractivity contribution in [3.8, 4) is 5.75 Å². The first-order chi connectivity index (χ1) is 14.3. The average Bonchev–Trinajstić information content (AvgIpc) is 2.72. The molecule has 2 atom stereocenters. The fraction of sp³-hybridized carbons (Fsp3) is 0.458. The highest BCUT2D eigenvalue weighted by atomic mass is 35.5. The fourth-order valence-corrected chi connectivity index (χ4v) is 4.21. The van der Waals surface area contributed by atoms with E-state index < -0.39 is 0 Å². The molecule has 0 aliphatic carbocycles. The number of hydrogen-bond donors (Lipinski definition) is 0. The van der Waals surface area contributed by atoms with E-state index in [1.807, 2.05) is 43.0 Å². The van der Waals surface area contributed by atoms with E-state index in [1.54, 1.807) is 0 Å². The molecule has 2 aromatic rings. The summed E-state index contributed by atoms with van der Waals surface area (Å²) in [5, 5.41) is 0.760. The summed E-state index contributed by atoms with van der Waals surface area (Å²) >= 11 is 6.31. The van der Waals surface area contributed by atoms with Crippen LogP contribution >= 0.6 is 11.6 Å². The van der Waals surface area contributed by atoms with Gasteiger partial charge >= 0.3 is 0 Å². The Morgan fingerprint density at radius 1 is 1.17 bits per heavy atom. The molecule has 30 heavy (non-hydrogen) atoms. The minimum Gasteiger partial charge on any atom is -0.484 e. The van der Waals surface area contributed by atoms with Crippen LogP contribution in [0.1, 0.15) is 37.5 Å². The molecule has 162 valence electrons. The van der Waals surface area contributed by atoms with E-state index in [2.05, 4.69) is 18.7 Å². The minimum atomic E-state index is -0.225. The highest BCUT2D eigenvalue weighted by Gasteiger charge is 2.32. The molecule has 1 fully saturated rings. The zero-order valence-corrected chi connectivity index (χ0v) is 18.9. The first kappa shape index (κ1) is 22.6. The van der Waals surface area contributed by atoms with Gasteiger partial charge in [0, 0.05) is 36.7 Å². The van der Waals surface area contributed by atoms with Crippen molar-refractivity contribution in [2.45, 2.75) is 52.7 Å². The SMILES string of the molecule is CCc1cc(OCC(=O)N2C[C@H](C)N(Cc3ccc(F)cc3)C[C@H]2C)cc(C)c1Cl. The lowest BCUT2D eigenvalue weighted by atomic mass is 10.1. The molecule has 1 aliphatic heterocycles. The van der Waals surface area contributed by atoms with Gasteiger partial charge in [-0.15, -0.1) is 0 Å². The van der Waals surface area contributed by atoms with Crippen LogP contribution in [0.2, 0.25) is 5.02 Å². The zero-order chi connectivity index (χ0) is 21.8. The first-order valence-corrected chi connectivity index (χ1v) is 10.9. The molecule has 0 radical (unpaired) electrons. The lowest BCUT2D eigenvalue weighted by Gasteiger charge is -2.44. The lowest BCUT2D eigenvalue weighted by molar-refractivity contribution is -0.139. The Labute approximate surface area is 183 Å². The van der Waals surface area contributed by atoms with E-state index in [1.165, 1.54) is 12.1 Å². The number of aryl methyl sites for hydroxylation is 2. The van der Waals surface area contributed by atoms with Crippen LogP contribution < -0.4 is 4.74 Å². The van der Waals surface area contributed by atoms with E-state index in [9.17, 15) is 9.18 Å². The largest absolute Gasteiger partial charge is 0.484 e. The first-order valence-electron chi connectivity index (χ1n) is 10.5. The van der Waals surface area contributed by atoms with Gasteiger partial charge in [-0.25, -0.2) is 4.39 Å². The number of carbonyl (C=O) groups is 1. The van der Waals surface area contributed by atoms with E-state index in [0.717, 1.165) is 41.2 Å². The van der Waals surface area contributed by atoms with Crippen molar-refractivity contribution in [3.05, 3.63) is 63.9 Å². The normalized spacial score (nSPS) is 19.7. The second-order valence-corrected chi connectivity index (χ2v) is 8.53. The number of amides is 1. The smallest absolute Gasteiger partial charge is 0.260 e. The molecule has 1 aliphatic rings. The summed E-state index contributed by atoms with van der Waals surface area (Å²) in [7, 11) is 0. The fourth-order valence-electron chi connectivity index (χ4n) is 3.97. The number of halogens is 2. The summed E-state index contributed by atoms with van der Waals surface area (Å²) in [5.74, 6) is 0.441. The lowest BCUT2D eigenvalue weighted by Crippen LogP contribution is -2.58. The molecule has 0 bridgehead atoms.